The lowest BCUT2D eigenvalue weighted by molar-refractivity contribution is 0.196. The van der Waals surface area contributed by atoms with Gasteiger partial charge in [-0.05, 0) is 31.0 Å². The van der Waals surface area contributed by atoms with E-state index in [9.17, 15) is 4.39 Å². The highest BCUT2D eigenvalue weighted by molar-refractivity contribution is 5.99. The van der Waals surface area contributed by atoms with Gasteiger partial charge in [0.05, 0.1) is 12.1 Å². The van der Waals surface area contributed by atoms with Crippen molar-refractivity contribution in [3.8, 4) is 17.0 Å². The highest BCUT2D eigenvalue weighted by Gasteiger charge is 2.27. The number of anilines is 1. The molecular formula is C25H27FN6O3. The Kier molecular flexibility index (Phi) is 6.54. The minimum atomic E-state index is -0.368. The number of aliphatic hydroxyl groups excluding tert-OH is 1. The number of benzene rings is 1. The topological polar surface area (TPSA) is 110 Å². The van der Waals surface area contributed by atoms with Crippen molar-refractivity contribution in [2.75, 3.05) is 31.2 Å². The fourth-order valence-corrected chi connectivity index (χ4v) is 4.36. The number of nitrogens with zero attached hydrogens (tertiary/aromatic N) is 6. The molecule has 0 bridgehead atoms. The molecule has 0 spiro atoms. The molecule has 0 aliphatic carbocycles. The van der Waals surface area contributed by atoms with Crippen molar-refractivity contribution in [1.29, 1.82) is 0 Å². The number of aliphatic hydroxyl groups is 1. The molecule has 0 amide bonds. The van der Waals surface area contributed by atoms with Crippen molar-refractivity contribution in [1.82, 2.24) is 25.1 Å². The minimum absolute atomic E-state index is 0.0943. The first-order chi connectivity index (χ1) is 17.0. The van der Waals surface area contributed by atoms with Gasteiger partial charge in [-0.15, -0.1) is 0 Å². The maximum atomic E-state index is 14.8. The van der Waals surface area contributed by atoms with Crippen LogP contribution in [-0.4, -0.2) is 56.5 Å². The fraction of sp³-hybridized carbons (Fsp3) is 0.400. The summed E-state index contributed by atoms with van der Waals surface area (Å²) in [5.41, 5.74) is 2.00. The first kappa shape index (κ1) is 23.1. The molecule has 4 aromatic rings. The van der Waals surface area contributed by atoms with Gasteiger partial charge in [0, 0.05) is 53.7 Å². The van der Waals surface area contributed by atoms with Crippen LogP contribution < -0.4 is 9.64 Å². The van der Waals surface area contributed by atoms with E-state index < -0.39 is 0 Å². The number of halogens is 1. The molecular weight excluding hydrogens is 451 g/mol. The summed E-state index contributed by atoms with van der Waals surface area (Å²) >= 11 is 0. The van der Waals surface area contributed by atoms with Crippen LogP contribution in [0.4, 0.5) is 10.2 Å². The van der Waals surface area contributed by atoms with E-state index in [1.807, 2.05) is 13.8 Å². The van der Waals surface area contributed by atoms with E-state index in [1.54, 1.807) is 18.3 Å². The zero-order valence-corrected chi connectivity index (χ0v) is 19.7. The molecule has 9 nitrogen and oxygen atoms in total. The Morgan fingerprint density at radius 2 is 2.00 bits per heavy atom. The molecule has 1 aliphatic heterocycles. The van der Waals surface area contributed by atoms with E-state index in [0.717, 1.165) is 31.8 Å². The van der Waals surface area contributed by atoms with Gasteiger partial charge in [0.2, 0.25) is 11.8 Å². The quantitative estimate of drug-likeness (QED) is 0.420. The molecule has 1 saturated heterocycles. The number of rotatable bonds is 7. The van der Waals surface area contributed by atoms with Gasteiger partial charge >= 0.3 is 0 Å². The molecule has 3 aromatic heterocycles. The Morgan fingerprint density at radius 1 is 1.17 bits per heavy atom. The van der Waals surface area contributed by atoms with Gasteiger partial charge in [-0.2, -0.15) is 4.98 Å². The Morgan fingerprint density at radius 3 is 2.69 bits per heavy atom. The molecule has 35 heavy (non-hydrogen) atoms. The third-order valence-corrected chi connectivity index (χ3v) is 6.18. The summed E-state index contributed by atoms with van der Waals surface area (Å²) in [6.07, 6.45) is 4.84. The van der Waals surface area contributed by atoms with Crippen LogP contribution in [0.5, 0.6) is 5.88 Å². The summed E-state index contributed by atoms with van der Waals surface area (Å²) in [5.74, 6) is 2.58. The summed E-state index contributed by atoms with van der Waals surface area (Å²) in [6, 6.07) is 6.44. The number of fused-ring (bicyclic) bond motifs is 1. The molecule has 1 N–H and O–H groups in total. The van der Waals surface area contributed by atoms with E-state index in [-0.39, 0.29) is 30.9 Å². The highest BCUT2D eigenvalue weighted by atomic mass is 19.1. The van der Waals surface area contributed by atoms with Gasteiger partial charge in [0.25, 0.3) is 0 Å². The summed E-state index contributed by atoms with van der Waals surface area (Å²) < 4.78 is 25.5. The van der Waals surface area contributed by atoms with Crippen LogP contribution in [0.3, 0.4) is 0 Å². The van der Waals surface area contributed by atoms with Crippen LogP contribution in [0.15, 0.2) is 41.3 Å². The van der Waals surface area contributed by atoms with E-state index in [4.69, 9.17) is 14.4 Å². The Hall–Kier alpha value is -3.66. The van der Waals surface area contributed by atoms with Crippen LogP contribution in [0, 0.1) is 5.82 Å². The van der Waals surface area contributed by atoms with Crippen molar-refractivity contribution in [2.24, 2.45) is 0 Å². The van der Waals surface area contributed by atoms with Gasteiger partial charge < -0.3 is 19.3 Å². The molecule has 10 heteroatoms. The lowest BCUT2D eigenvalue weighted by Crippen LogP contribution is -2.34. The monoisotopic (exact) mass is 478 g/mol. The molecule has 0 saturated carbocycles. The average molecular weight is 479 g/mol. The predicted octanol–water partition coefficient (Wildman–Crippen LogP) is 4.09. The summed E-state index contributed by atoms with van der Waals surface area (Å²) in [5, 5.41) is 13.7. The van der Waals surface area contributed by atoms with E-state index in [1.165, 1.54) is 18.5 Å². The first-order valence-corrected chi connectivity index (χ1v) is 11.8. The molecule has 1 aromatic carbocycles. The van der Waals surface area contributed by atoms with Crippen molar-refractivity contribution < 1.29 is 18.8 Å². The van der Waals surface area contributed by atoms with Gasteiger partial charge in [-0.25, -0.2) is 19.3 Å². The van der Waals surface area contributed by atoms with Crippen LogP contribution in [-0.2, 0) is 0 Å². The van der Waals surface area contributed by atoms with Crippen LogP contribution in [0.25, 0.3) is 22.0 Å². The number of pyridine rings is 1. The maximum absolute atomic E-state index is 14.8. The maximum Gasteiger partial charge on any atom is 0.229 e. The molecule has 5 rings (SSSR count). The smallest absolute Gasteiger partial charge is 0.229 e. The summed E-state index contributed by atoms with van der Waals surface area (Å²) in [7, 11) is 0. The predicted molar refractivity (Wildman–Crippen MR) is 128 cm³/mol. The Bertz CT molecular complexity index is 1300. The second-order valence-electron chi connectivity index (χ2n) is 8.91. The van der Waals surface area contributed by atoms with E-state index in [0.29, 0.717) is 39.6 Å². The molecule has 0 radical (unpaired) electrons. The number of hydrogen-bond acceptors (Lipinski definition) is 9. The number of ether oxygens (including phenoxy) is 1. The zero-order valence-electron chi connectivity index (χ0n) is 19.7. The molecule has 1 aliphatic rings. The number of aromatic nitrogens is 5. The molecule has 0 atom stereocenters. The Labute approximate surface area is 202 Å². The SMILES string of the molecule is CC(C)c1nc(C2CCN(c3ncnc4c(-c5ccc(OCCO)nc5)cc(F)cc34)CC2)no1. The van der Waals surface area contributed by atoms with Crippen LogP contribution in [0.2, 0.25) is 0 Å². The molecule has 4 heterocycles. The largest absolute Gasteiger partial charge is 0.475 e. The van der Waals surface area contributed by atoms with E-state index >= 15 is 0 Å². The van der Waals surface area contributed by atoms with Gasteiger partial charge in [0.15, 0.2) is 5.82 Å². The zero-order chi connectivity index (χ0) is 24.4. The van der Waals surface area contributed by atoms with Crippen molar-refractivity contribution in [3.05, 3.63) is 54.3 Å². The van der Waals surface area contributed by atoms with E-state index in [2.05, 4.69) is 30.0 Å². The van der Waals surface area contributed by atoms with Crippen molar-refractivity contribution in [3.63, 3.8) is 0 Å². The number of hydrogen-bond donors (Lipinski definition) is 1. The lowest BCUT2D eigenvalue weighted by Gasteiger charge is -2.32. The third kappa shape index (κ3) is 4.79. The average Bonchev–Trinajstić information content (AvgIpc) is 3.38. The van der Waals surface area contributed by atoms with Gasteiger partial charge in [-0.3, -0.25) is 0 Å². The molecule has 0 unspecified atom stereocenters. The summed E-state index contributed by atoms with van der Waals surface area (Å²) in [4.78, 5) is 20.0. The van der Waals surface area contributed by atoms with Crippen molar-refractivity contribution >= 4 is 16.7 Å². The van der Waals surface area contributed by atoms with Gasteiger partial charge in [-0.1, -0.05) is 19.0 Å². The summed E-state index contributed by atoms with van der Waals surface area (Å²) in [6.45, 7) is 5.61. The second kappa shape index (κ2) is 9.91. The second-order valence-corrected chi connectivity index (χ2v) is 8.91. The van der Waals surface area contributed by atoms with Crippen LogP contribution in [0.1, 0.15) is 50.2 Å². The third-order valence-electron chi connectivity index (χ3n) is 6.18. The Balaban J connectivity index is 1.40. The first-order valence-electron chi connectivity index (χ1n) is 11.8. The number of piperidine rings is 1. The van der Waals surface area contributed by atoms with Crippen molar-refractivity contribution in [2.45, 2.75) is 38.5 Å². The standard InChI is InChI=1S/C25H27FN6O3/c1-15(2)25-30-23(31-35-25)16-5-7-32(8-6-16)24-20-12-18(26)11-19(22(20)28-14-29-24)17-3-4-21(27-13-17)34-10-9-33/h3-4,11-16,33H,5-10H2,1-2H3. The molecule has 1 fully saturated rings. The lowest BCUT2D eigenvalue weighted by atomic mass is 9.95. The van der Waals surface area contributed by atoms with Crippen LogP contribution >= 0.6 is 0 Å². The normalized spacial score (nSPS) is 14.7. The molecule has 182 valence electrons. The van der Waals surface area contributed by atoms with Gasteiger partial charge in [0.1, 0.15) is 24.6 Å². The highest BCUT2D eigenvalue weighted by Crippen LogP contribution is 2.35. The minimum Gasteiger partial charge on any atom is -0.475 e. The fourth-order valence-electron chi connectivity index (χ4n) is 4.36.